The highest BCUT2D eigenvalue weighted by Crippen LogP contribution is 2.27. The maximum Gasteiger partial charge on any atom is 0.272 e. The number of rotatable bonds is 5. The van der Waals surface area contributed by atoms with E-state index in [1.165, 1.54) is 42.3 Å². The number of fused-ring (bicyclic) bond motifs is 1. The lowest BCUT2D eigenvalue weighted by Gasteiger charge is -2.33. The van der Waals surface area contributed by atoms with Crippen molar-refractivity contribution in [3.63, 3.8) is 0 Å². The van der Waals surface area contributed by atoms with Crippen molar-refractivity contribution in [3.8, 4) is 11.1 Å². The molecule has 2 heterocycles. The fourth-order valence-corrected chi connectivity index (χ4v) is 4.74. The molecule has 2 aromatic carbocycles. The molecule has 0 N–H and O–H groups in total. The van der Waals surface area contributed by atoms with Gasteiger partial charge in [-0.05, 0) is 67.6 Å². The molecular formula is C27H28FN3O. The average molecular weight is 430 g/mol. The monoisotopic (exact) mass is 429 g/mol. The van der Waals surface area contributed by atoms with Gasteiger partial charge in [0.15, 0.2) is 0 Å². The molecule has 0 spiro atoms. The third-order valence-electron chi connectivity index (χ3n) is 6.86. The number of pyridine rings is 1. The number of amides is 1. The van der Waals surface area contributed by atoms with Crippen LogP contribution in [0.1, 0.15) is 40.0 Å². The number of carbonyl (C=O) groups excluding carboxylic acids is 1. The minimum atomic E-state index is -0.292. The molecule has 0 bridgehead atoms. The molecule has 32 heavy (non-hydrogen) atoms. The molecule has 5 rings (SSSR count). The largest absolute Gasteiger partial charge is 0.337 e. The normalized spacial score (nSPS) is 18.0. The number of likely N-dealkylation sites (tertiary alicyclic amines) is 1. The third kappa shape index (κ3) is 4.17. The van der Waals surface area contributed by atoms with Crippen LogP contribution in [0.3, 0.4) is 0 Å². The van der Waals surface area contributed by atoms with Crippen LogP contribution >= 0.6 is 0 Å². The molecule has 0 radical (unpaired) electrons. The molecule has 4 nitrogen and oxygen atoms in total. The van der Waals surface area contributed by atoms with Crippen LogP contribution in [-0.4, -0.2) is 46.9 Å². The Morgan fingerprint density at radius 3 is 2.69 bits per heavy atom. The van der Waals surface area contributed by atoms with Crippen molar-refractivity contribution in [3.05, 3.63) is 89.0 Å². The van der Waals surface area contributed by atoms with Crippen molar-refractivity contribution in [1.29, 1.82) is 0 Å². The second kappa shape index (κ2) is 8.83. The van der Waals surface area contributed by atoms with Gasteiger partial charge in [-0.15, -0.1) is 0 Å². The number of benzene rings is 2. The van der Waals surface area contributed by atoms with Crippen molar-refractivity contribution in [1.82, 2.24) is 14.8 Å². The van der Waals surface area contributed by atoms with E-state index in [4.69, 9.17) is 0 Å². The molecule has 164 valence electrons. The van der Waals surface area contributed by atoms with Crippen molar-refractivity contribution in [2.45, 2.75) is 38.3 Å². The molecule has 3 aromatic rings. The predicted octanol–water partition coefficient (Wildman–Crippen LogP) is 4.72. The van der Waals surface area contributed by atoms with Crippen LogP contribution in [0.25, 0.3) is 11.1 Å². The highest BCUT2D eigenvalue weighted by Gasteiger charge is 2.27. The second-order valence-electron chi connectivity index (χ2n) is 8.96. The van der Waals surface area contributed by atoms with Gasteiger partial charge < -0.3 is 4.90 Å². The van der Waals surface area contributed by atoms with E-state index < -0.39 is 0 Å². The first kappa shape index (κ1) is 20.8. The Morgan fingerprint density at radius 2 is 1.97 bits per heavy atom. The topological polar surface area (TPSA) is 36.4 Å². The van der Waals surface area contributed by atoms with Crippen LogP contribution in [0.5, 0.6) is 0 Å². The molecule has 1 aliphatic carbocycles. The summed E-state index contributed by atoms with van der Waals surface area (Å²) < 4.78 is 14.0. The fraction of sp³-hybridized carbons (Fsp3) is 0.333. The Labute approximate surface area is 188 Å². The predicted molar refractivity (Wildman–Crippen MR) is 124 cm³/mol. The molecule has 5 heteroatoms. The summed E-state index contributed by atoms with van der Waals surface area (Å²) in [5, 5.41) is 0. The molecule has 1 saturated heterocycles. The lowest BCUT2D eigenvalue weighted by Crippen LogP contribution is -2.41. The van der Waals surface area contributed by atoms with Crippen LogP contribution in [0.4, 0.5) is 4.39 Å². The highest BCUT2D eigenvalue weighted by molar-refractivity contribution is 5.92. The van der Waals surface area contributed by atoms with Gasteiger partial charge in [0.1, 0.15) is 11.5 Å². The lowest BCUT2D eigenvalue weighted by molar-refractivity contribution is 0.0713. The third-order valence-corrected chi connectivity index (χ3v) is 6.86. The number of likely N-dealkylation sites (N-methyl/N-ethyl adjacent to an activating group) is 1. The quantitative estimate of drug-likeness (QED) is 0.589. The van der Waals surface area contributed by atoms with E-state index >= 15 is 0 Å². The van der Waals surface area contributed by atoms with Gasteiger partial charge in [0.25, 0.3) is 5.91 Å². The Hall–Kier alpha value is -3.05. The molecule has 1 amide bonds. The van der Waals surface area contributed by atoms with E-state index in [-0.39, 0.29) is 17.8 Å². The summed E-state index contributed by atoms with van der Waals surface area (Å²) in [6.45, 7) is 3.46. The van der Waals surface area contributed by atoms with Crippen LogP contribution in [0.2, 0.25) is 0 Å². The summed E-state index contributed by atoms with van der Waals surface area (Å²) in [6.07, 6.45) is 5.71. The summed E-state index contributed by atoms with van der Waals surface area (Å²) >= 11 is 0. The van der Waals surface area contributed by atoms with Gasteiger partial charge in [-0.3, -0.25) is 14.7 Å². The van der Waals surface area contributed by atoms with Crippen LogP contribution in [0.15, 0.2) is 60.8 Å². The van der Waals surface area contributed by atoms with E-state index in [0.29, 0.717) is 16.8 Å². The van der Waals surface area contributed by atoms with E-state index in [2.05, 4.69) is 28.1 Å². The Balaban J connectivity index is 1.26. The average Bonchev–Trinajstić information content (AvgIpc) is 2.80. The van der Waals surface area contributed by atoms with Crippen LogP contribution in [-0.2, 0) is 19.4 Å². The van der Waals surface area contributed by atoms with Crippen molar-refractivity contribution >= 4 is 5.91 Å². The molecule has 1 atom stereocenters. The smallest absolute Gasteiger partial charge is 0.272 e. The van der Waals surface area contributed by atoms with E-state index in [0.717, 1.165) is 25.8 Å². The van der Waals surface area contributed by atoms with E-state index in [9.17, 15) is 9.18 Å². The summed E-state index contributed by atoms with van der Waals surface area (Å²) in [5.74, 6) is -0.382. The summed E-state index contributed by atoms with van der Waals surface area (Å²) in [4.78, 5) is 21.7. The summed E-state index contributed by atoms with van der Waals surface area (Å²) in [7, 11) is 1.86. The highest BCUT2D eigenvalue weighted by atomic mass is 19.1. The lowest BCUT2D eigenvalue weighted by atomic mass is 9.86. The first-order valence-electron chi connectivity index (χ1n) is 11.4. The molecule has 1 aliphatic heterocycles. The van der Waals surface area contributed by atoms with Crippen LogP contribution in [0, 0.1) is 5.82 Å². The van der Waals surface area contributed by atoms with Gasteiger partial charge in [-0.2, -0.15) is 0 Å². The van der Waals surface area contributed by atoms with Gasteiger partial charge in [-0.1, -0.05) is 42.5 Å². The Bertz CT molecular complexity index is 1120. The zero-order valence-corrected chi connectivity index (χ0v) is 18.4. The number of carbonyl (C=O) groups is 1. The molecule has 1 fully saturated rings. The molecule has 0 saturated carbocycles. The Morgan fingerprint density at radius 1 is 1.12 bits per heavy atom. The number of halogens is 1. The Kier molecular flexibility index (Phi) is 5.75. The maximum absolute atomic E-state index is 14.0. The van der Waals surface area contributed by atoms with Crippen molar-refractivity contribution < 1.29 is 9.18 Å². The number of hydrogen-bond donors (Lipinski definition) is 0. The zero-order chi connectivity index (χ0) is 22.1. The van der Waals surface area contributed by atoms with Gasteiger partial charge in [0, 0.05) is 37.0 Å². The number of aromatic nitrogens is 1. The van der Waals surface area contributed by atoms with Crippen molar-refractivity contribution in [2.24, 2.45) is 0 Å². The van der Waals surface area contributed by atoms with E-state index in [1.807, 2.05) is 11.9 Å². The van der Waals surface area contributed by atoms with Gasteiger partial charge in [0.05, 0.1) is 0 Å². The first-order valence-corrected chi connectivity index (χ1v) is 11.4. The summed E-state index contributed by atoms with van der Waals surface area (Å²) in [5.41, 5.74) is 5.71. The molecule has 2 aliphatic rings. The number of hydrogen-bond acceptors (Lipinski definition) is 3. The van der Waals surface area contributed by atoms with Gasteiger partial charge in [-0.25, -0.2) is 4.39 Å². The zero-order valence-electron chi connectivity index (χ0n) is 18.4. The van der Waals surface area contributed by atoms with E-state index in [1.54, 1.807) is 36.5 Å². The minimum Gasteiger partial charge on any atom is -0.337 e. The van der Waals surface area contributed by atoms with Gasteiger partial charge in [0.2, 0.25) is 0 Å². The minimum absolute atomic E-state index is 0.0899. The fourth-order valence-electron chi connectivity index (χ4n) is 4.74. The SMILES string of the molecule is CN(C(=O)c1ccc(-c2ccccc2F)cn1)C1CCc2cc(CN3CCC3)ccc2C1. The first-order chi connectivity index (χ1) is 15.6. The molecule has 1 aromatic heterocycles. The molecular weight excluding hydrogens is 401 g/mol. The summed E-state index contributed by atoms with van der Waals surface area (Å²) in [6, 6.07) is 17.1. The molecule has 1 unspecified atom stereocenters. The number of aryl methyl sites for hydroxylation is 1. The standard InChI is InChI=1S/C27H28FN3O/c1-30(27(32)26-12-10-22(17-29-26)24-5-2-3-6-25(24)28)23-11-9-20-15-19(7-8-21(20)16-23)18-31-13-4-14-31/h2-3,5-8,10,12,15,17,23H,4,9,11,13-14,16,18H2,1H3. The van der Waals surface area contributed by atoms with Crippen molar-refractivity contribution in [2.75, 3.05) is 20.1 Å². The maximum atomic E-state index is 14.0. The van der Waals surface area contributed by atoms with Gasteiger partial charge >= 0.3 is 0 Å². The van der Waals surface area contributed by atoms with Crippen LogP contribution < -0.4 is 0 Å². The second-order valence-corrected chi connectivity index (χ2v) is 8.96. The number of nitrogens with zero attached hydrogens (tertiary/aromatic N) is 3.